The molecule has 2 aliphatic rings. The Bertz CT molecular complexity index is 704. The molecule has 1 aromatic rings. The Morgan fingerprint density at radius 2 is 2.00 bits per heavy atom. The minimum Gasteiger partial charge on any atom is -0.385 e. The Morgan fingerprint density at radius 3 is 2.70 bits per heavy atom. The van der Waals surface area contributed by atoms with Crippen LogP contribution in [0, 0.1) is 0 Å². The molecule has 0 aromatic carbocycles. The van der Waals surface area contributed by atoms with Crippen molar-refractivity contribution in [2.24, 2.45) is 0 Å². The number of thiophene rings is 1. The molecule has 3 heterocycles. The first kappa shape index (κ1) is 22.7. The SMILES string of the molecule is COCCCNC(=O)CN1CCN(C(=O)C2CCCN2C(=O)Cc2cccs2)CC1. The Balaban J connectivity index is 1.43. The number of amides is 3. The van der Waals surface area contributed by atoms with Crippen molar-refractivity contribution in [2.75, 3.05) is 59.5 Å². The minimum atomic E-state index is -0.340. The fraction of sp³-hybridized carbons (Fsp3) is 0.667. The van der Waals surface area contributed by atoms with Gasteiger partial charge in [-0.3, -0.25) is 19.3 Å². The topological polar surface area (TPSA) is 82.2 Å². The van der Waals surface area contributed by atoms with Crippen molar-refractivity contribution in [1.29, 1.82) is 0 Å². The molecule has 8 nitrogen and oxygen atoms in total. The van der Waals surface area contributed by atoms with Gasteiger partial charge in [-0.25, -0.2) is 0 Å². The Labute approximate surface area is 182 Å². The second-order valence-corrected chi connectivity index (χ2v) is 8.83. The van der Waals surface area contributed by atoms with Crippen LogP contribution in [-0.4, -0.2) is 98.0 Å². The molecule has 1 unspecified atom stereocenters. The van der Waals surface area contributed by atoms with E-state index in [0.717, 1.165) is 24.1 Å². The van der Waals surface area contributed by atoms with Gasteiger partial charge >= 0.3 is 0 Å². The molecular weight excluding hydrogens is 404 g/mol. The Kier molecular flexibility index (Phi) is 8.65. The molecule has 30 heavy (non-hydrogen) atoms. The number of likely N-dealkylation sites (tertiary alicyclic amines) is 1. The zero-order chi connectivity index (χ0) is 21.3. The van der Waals surface area contributed by atoms with E-state index in [-0.39, 0.29) is 23.8 Å². The van der Waals surface area contributed by atoms with Crippen molar-refractivity contribution >= 4 is 29.1 Å². The highest BCUT2D eigenvalue weighted by atomic mass is 32.1. The van der Waals surface area contributed by atoms with Crippen LogP contribution < -0.4 is 5.32 Å². The standard InChI is InChI=1S/C21H32N4O4S/c1-29-13-4-7-22-19(26)16-23-9-11-24(12-10-23)21(28)18-6-2-8-25(18)20(27)15-17-5-3-14-30-17/h3,5,14,18H,2,4,6-13,15-16H2,1H3,(H,22,26). The molecule has 0 radical (unpaired) electrons. The lowest BCUT2D eigenvalue weighted by Gasteiger charge is -2.37. The summed E-state index contributed by atoms with van der Waals surface area (Å²) in [5.41, 5.74) is 0. The monoisotopic (exact) mass is 436 g/mol. The van der Waals surface area contributed by atoms with Gasteiger partial charge in [0.2, 0.25) is 17.7 Å². The molecule has 2 fully saturated rings. The molecule has 0 aliphatic carbocycles. The molecule has 0 spiro atoms. The zero-order valence-electron chi connectivity index (χ0n) is 17.7. The zero-order valence-corrected chi connectivity index (χ0v) is 18.5. The molecule has 0 bridgehead atoms. The number of carbonyl (C=O) groups excluding carboxylic acids is 3. The van der Waals surface area contributed by atoms with E-state index in [0.29, 0.717) is 58.8 Å². The number of methoxy groups -OCH3 is 1. The number of piperazine rings is 1. The van der Waals surface area contributed by atoms with Gasteiger partial charge in [-0.1, -0.05) is 6.07 Å². The van der Waals surface area contributed by atoms with Gasteiger partial charge in [0.05, 0.1) is 13.0 Å². The molecule has 1 atom stereocenters. The van der Waals surface area contributed by atoms with Crippen molar-refractivity contribution in [3.05, 3.63) is 22.4 Å². The van der Waals surface area contributed by atoms with E-state index in [1.165, 1.54) is 0 Å². The molecular formula is C21H32N4O4S. The van der Waals surface area contributed by atoms with Crippen LogP contribution in [0.15, 0.2) is 17.5 Å². The maximum atomic E-state index is 13.1. The molecule has 1 aromatic heterocycles. The molecule has 3 amide bonds. The van der Waals surface area contributed by atoms with Crippen LogP contribution in [0.3, 0.4) is 0 Å². The van der Waals surface area contributed by atoms with Gasteiger partial charge in [0.1, 0.15) is 6.04 Å². The minimum absolute atomic E-state index is 0.00650. The van der Waals surface area contributed by atoms with Gasteiger partial charge in [0, 0.05) is 57.9 Å². The molecule has 9 heteroatoms. The fourth-order valence-electron chi connectivity index (χ4n) is 4.03. The van der Waals surface area contributed by atoms with Gasteiger partial charge in [-0.05, 0) is 30.7 Å². The van der Waals surface area contributed by atoms with Crippen LogP contribution in [0.5, 0.6) is 0 Å². The molecule has 2 aliphatic heterocycles. The smallest absolute Gasteiger partial charge is 0.245 e. The van der Waals surface area contributed by atoms with Crippen LogP contribution in [0.2, 0.25) is 0 Å². The van der Waals surface area contributed by atoms with Gasteiger partial charge < -0.3 is 19.9 Å². The van der Waals surface area contributed by atoms with Crippen LogP contribution in [0.4, 0.5) is 0 Å². The number of hydrogen-bond donors (Lipinski definition) is 1. The molecule has 2 saturated heterocycles. The lowest BCUT2D eigenvalue weighted by molar-refractivity contribution is -0.144. The highest BCUT2D eigenvalue weighted by Gasteiger charge is 2.37. The van der Waals surface area contributed by atoms with Gasteiger partial charge in [0.15, 0.2) is 0 Å². The summed E-state index contributed by atoms with van der Waals surface area (Å²) in [5.74, 6) is 0.0970. The molecule has 166 valence electrons. The first-order valence-corrected chi connectivity index (χ1v) is 11.5. The molecule has 1 N–H and O–H groups in total. The summed E-state index contributed by atoms with van der Waals surface area (Å²) in [6.07, 6.45) is 2.78. The van der Waals surface area contributed by atoms with Crippen molar-refractivity contribution in [3.63, 3.8) is 0 Å². The maximum Gasteiger partial charge on any atom is 0.245 e. The lowest BCUT2D eigenvalue weighted by atomic mass is 10.1. The predicted octanol–water partition coefficient (Wildman–Crippen LogP) is 0.579. The third kappa shape index (κ3) is 6.26. The van der Waals surface area contributed by atoms with Gasteiger partial charge in [0.25, 0.3) is 0 Å². The van der Waals surface area contributed by atoms with E-state index in [1.807, 2.05) is 22.4 Å². The number of nitrogens with one attached hydrogen (secondary N) is 1. The fourth-order valence-corrected chi connectivity index (χ4v) is 4.72. The Hall–Kier alpha value is -1.97. The van der Waals surface area contributed by atoms with Crippen molar-refractivity contribution in [3.8, 4) is 0 Å². The summed E-state index contributed by atoms with van der Waals surface area (Å²) in [5, 5.41) is 4.86. The highest BCUT2D eigenvalue weighted by molar-refractivity contribution is 7.10. The number of carbonyl (C=O) groups is 3. The average molecular weight is 437 g/mol. The molecule has 3 rings (SSSR count). The highest BCUT2D eigenvalue weighted by Crippen LogP contribution is 2.22. The van der Waals surface area contributed by atoms with E-state index >= 15 is 0 Å². The summed E-state index contributed by atoms with van der Waals surface area (Å²) in [7, 11) is 1.65. The van der Waals surface area contributed by atoms with Crippen LogP contribution in [0.1, 0.15) is 24.1 Å². The second-order valence-electron chi connectivity index (χ2n) is 7.80. The van der Waals surface area contributed by atoms with Crippen LogP contribution >= 0.6 is 11.3 Å². The maximum absolute atomic E-state index is 13.1. The van der Waals surface area contributed by atoms with Crippen molar-refractivity contribution in [1.82, 2.24) is 20.0 Å². The van der Waals surface area contributed by atoms with Gasteiger partial charge in [-0.2, -0.15) is 0 Å². The third-order valence-electron chi connectivity index (χ3n) is 5.66. The number of rotatable bonds is 9. The number of ether oxygens (including phenoxy) is 1. The van der Waals surface area contributed by atoms with E-state index in [4.69, 9.17) is 4.74 Å². The summed E-state index contributed by atoms with van der Waals surface area (Å²) in [6.45, 7) is 4.80. The predicted molar refractivity (Wildman–Crippen MR) is 115 cm³/mol. The quantitative estimate of drug-likeness (QED) is 0.573. The summed E-state index contributed by atoms with van der Waals surface area (Å²) >= 11 is 1.57. The third-order valence-corrected chi connectivity index (χ3v) is 6.54. The number of nitrogens with zero attached hydrogens (tertiary/aromatic N) is 3. The van der Waals surface area contributed by atoms with Crippen LogP contribution in [0.25, 0.3) is 0 Å². The van der Waals surface area contributed by atoms with Crippen molar-refractivity contribution < 1.29 is 19.1 Å². The summed E-state index contributed by atoms with van der Waals surface area (Å²) < 4.78 is 4.97. The summed E-state index contributed by atoms with van der Waals surface area (Å²) in [6, 6.07) is 3.56. The second kappa shape index (κ2) is 11.4. The normalized spacial score (nSPS) is 19.8. The van der Waals surface area contributed by atoms with E-state index in [1.54, 1.807) is 23.3 Å². The van der Waals surface area contributed by atoms with Crippen molar-refractivity contribution in [2.45, 2.75) is 31.7 Å². The van der Waals surface area contributed by atoms with Crippen LogP contribution in [-0.2, 0) is 25.5 Å². The lowest BCUT2D eigenvalue weighted by Crippen LogP contribution is -2.55. The largest absolute Gasteiger partial charge is 0.385 e. The van der Waals surface area contributed by atoms with Gasteiger partial charge in [-0.15, -0.1) is 11.3 Å². The Morgan fingerprint density at radius 1 is 1.20 bits per heavy atom. The average Bonchev–Trinajstić information content (AvgIpc) is 3.43. The van der Waals surface area contributed by atoms with E-state index in [2.05, 4.69) is 10.2 Å². The first-order valence-electron chi connectivity index (χ1n) is 10.7. The van der Waals surface area contributed by atoms with E-state index < -0.39 is 0 Å². The summed E-state index contributed by atoms with van der Waals surface area (Å²) in [4.78, 5) is 44.5. The number of hydrogen-bond acceptors (Lipinski definition) is 6. The van der Waals surface area contributed by atoms with E-state index in [9.17, 15) is 14.4 Å². The molecule has 0 saturated carbocycles. The first-order chi connectivity index (χ1) is 14.6.